The van der Waals surface area contributed by atoms with Crippen LogP contribution in [0.2, 0.25) is 0 Å². The van der Waals surface area contributed by atoms with Crippen molar-refractivity contribution in [2.45, 2.75) is 17.8 Å². The van der Waals surface area contributed by atoms with Gasteiger partial charge < -0.3 is 9.47 Å². The van der Waals surface area contributed by atoms with Crippen LogP contribution in [0.1, 0.15) is 11.1 Å². The molecule has 2 aromatic heterocycles. The minimum Gasteiger partial charge on any atom is -0.487 e. The third-order valence-corrected chi connectivity index (χ3v) is 7.93. The Labute approximate surface area is 191 Å². The van der Waals surface area contributed by atoms with Gasteiger partial charge in [-0.25, -0.2) is 0 Å². The lowest BCUT2D eigenvalue weighted by Gasteiger charge is -2.26. The average Bonchev–Trinajstić information content (AvgIpc) is 3.36. The highest BCUT2D eigenvalue weighted by molar-refractivity contribution is 7.21. The molecule has 2 aromatic carbocycles. The van der Waals surface area contributed by atoms with E-state index < -0.39 is 40.0 Å². The Kier molecular flexibility index (Phi) is 4.78. The summed E-state index contributed by atoms with van der Waals surface area (Å²) in [5.41, 5.74) is -3.83. The van der Waals surface area contributed by atoms with Crippen molar-refractivity contribution in [2.75, 3.05) is 14.2 Å². The highest BCUT2D eigenvalue weighted by Gasteiger charge is 2.81. The molecule has 5 rings (SSSR count). The van der Waals surface area contributed by atoms with Crippen molar-refractivity contribution in [3.63, 3.8) is 0 Å². The Morgan fingerprint density at radius 1 is 0.606 bits per heavy atom. The van der Waals surface area contributed by atoms with Gasteiger partial charge in [-0.15, -0.1) is 0 Å². The highest BCUT2D eigenvalue weighted by Crippen LogP contribution is 2.68. The molecule has 0 saturated carbocycles. The summed E-state index contributed by atoms with van der Waals surface area (Å²) in [7, 11) is 2.36. The quantitative estimate of drug-likeness (QED) is 0.265. The normalized spacial score (nSPS) is 18.9. The number of alkyl halides is 6. The molecule has 1 aliphatic rings. The van der Waals surface area contributed by atoms with E-state index >= 15 is 17.6 Å². The van der Waals surface area contributed by atoms with E-state index in [0.717, 1.165) is 22.7 Å². The standard InChI is InChI=1S/C23H14F6O2S2/c1-30-19-15(11-7-3-5-9-13(11)32-19)17-18(22(26,27)23(28,29)21(17,24)25)16-12-8-4-6-10-14(12)33-20(16)31-2/h3-10H,1-2H3. The lowest BCUT2D eigenvalue weighted by molar-refractivity contribution is -0.254. The number of rotatable bonds is 4. The van der Waals surface area contributed by atoms with Crippen LogP contribution >= 0.6 is 22.7 Å². The topological polar surface area (TPSA) is 18.5 Å². The Balaban J connectivity index is 2.01. The minimum atomic E-state index is -5.67. The molecular weight excluding hydrogens is 486 g/mol. The van der Waals surface area contributed by atoms with Gasteiger partial charge in [-0.2, -0.15) is 26.3 Å². The summed E-state index contributed by atoms with van der Waals surface area (Å²) in [5, 5.41) is -0.0668. The van der Waals surface area contributed by atoms with E-state index in [-0.39, 0.29) is 20.9 Å². The summed E-state index contributed by atoms with van der Waals surface area (Å²) in [6.07, 6.45) is 0. The van der Waals surface area contributed by atoms with Gasteiger partial charge in [-0.3, -0.25) is 0 Å². The molecule has 33 heavy (non-hydrogen) atoms. The number of allylic oxidation sites excluding steroid dienone is 2. The number of thiophene rings is 2. The molecule has 0 radical (unpaired) electrons. The van der Waals surface area contributed by atoms with Crippen LogP contribution in [0.4, 0.5) is 26.3 Å². The molecule has 0 bridgehead atoms. The monoisotopic (exact) mass is 500 g/mol. The first kappa shape index (κ1) is 22.1. The van der Waals surface area contributed by atoms with Crippen LogP contribution in [-0.2, 0) is 0 Å². The molecule has 0 spiro atoms. The molecule has 4 aromatic rings. The highest BCUT2D eigenvalue weighted by atomic mass is 32.1. The molecule has 0 saturated heterocycles. The largest absolute Gasteiger partial charge is 0.487 e. The lowest BCUT2D eigenvalue weighted by Crippen LogP contribution is -2.48. The second kappa shape index (κ2) is 7.14. The second-order valence-electron chi connectivity index (χ2n) is 7.40. The fraction of sp³-hybridized carbons (Fsp3) is 0.217. The lowest BCUT2D eigenvalue weighted by atomic mass is 9.93. The maximum atomic E-state index is 15.4. The Hall–Kier alpha value is -2.72. The Morgan fingerprint density at radius 3 is 1.33 bits per heavy atom. The second-order valence-corrected chi connectivity index (χ2v) is 9.43. The molecule has 0 atom stereocenters. The van der Waals surface area contributed by atoms with Gasteiger partial charge in [-0.05, 0) is 12.1 Å². The summed E-state index contributed by atoms with van der Waals surface area (Å²) < 4.78 is 103. The minimum absolute atomic E-state index is 0.124. The van der Waals surface area contributed by atoms with E-state index in [1.165, 1.54) is 38.5 Å². The van der Waals surface area contributed by atoms with Gasteiger partial charge in [0.15, 0.2) is 10.1 Å². The molecule has 0 fully saturated rings. The molecule has 172 valence electrons. The molecule has 10 heteroatoms. The van der Waals surface area contributed by atoms with Crippen molar-refractivity contribution in [3.05, 3.63) is 59.7 Å². The predicted octanol–water partition coefficient (Wildman–Crippen LogP) is 7.96. The van der Waals surface area contributed by atoms with Crippen LogP contribution in [0.15, 0.2) is 48.5 Å². The van der Waals surface area contributed by atoms with E-state index in [1.54, 1.807) is 24.3 Å². The zero-order valence-electron chi connectivity index (χ0n) is 17.0. The summed E-state index contributed by atoms with van der Waals surface area (Å²) in [5.74, 6) is -16.0. The van der Waals surface area contributed by atoms with Gasteiger partial charge in [0.1, 0.15) is 0 Å². The fourth-order valence-corrected chi connectivity index (χ4v) is 6.24. The maximum Gasteiger partial charge on any atom is 0.380 e. The van der Waals surface area contributed by atoms with Crippen molar-refractivity contribution in [2.24, 2.45) is 0 Å². The van der Waals surface area contributed by atoms with Crippen LogP contribution in [0.5, 0.6) is 10.1 Å². The first-order chi connectivity index (χ1) is 15.6. The zero-order valence-corrected chi connectivity index (χ0v) is 18.7. The molecule has 0 N–H and O–H groups in total. The summed E-state index contributed by atoms with van der Waals surface area (Å²) >= 11 is 1.83. The maximum absolute atomic E-state index is 15.4. The first-order valence-electron chi connectivity index (χ1n) is 9.58. The average molecular weight is 500 g/mol. The van der Waals surface area contributed by atoms with Crippen molar-refractivity contribution < 1.29 is 35.8 Å². The van der Waals surface area contributed by atoms with Gasteiger partial charge in [0.25, 0.3) is 0 Å². The zero-order chi connectivity index (χ0) is 23.8. The van der Waals surface area contributed by atoms with Gasteiger partial charge in [-0.1, -0.05) is 59.1 Å². The number of hydrogen-bond donors (Lipinski definition) is 0. The number of ether oxygens (including phenoxy) is 2. The summed E-state index contributed by atoms with van der Waals surface area (Å²) in [4.78, 5) is 0. The van der Waals surface area contributed by atoms with Gasteiger partial charge >= 0.3 is 17.8 Å². The van der Waals surface area contributed by atoms with Crippen molar-refractivity contribution in [3.8, 4) is 10.1 Å². The Bertz CT molecular complexity index is 1330. The number of methoxy groups -OCH3 is 2. The number of halogens is 6. The molecular formula is C23H14F6O2S2. The van der Waals surface area contributed by atoms with E-state index in [9.17, 15) is 8.78 Å². The first-order valence-corrected chi connectivity index (χ1v) is 11.2. The third kappa shape index (κ3) is 2.73. The van der Waals surface area contributed by atoms with Crippen LogP contribution in [0, 0.1) is 0 Å². The van der Waals surface area contributed by atoms with E-state index in [0.29, 0.717) is 9.40 Å². The van der Waals surface area contributed by atoms with Crippen LogP contribution in [-0.4, -0.2) is 32.0 Å². The van der Waals surface area contributed by atoms with Gasteiger partial charge in [0.05, 0.1) is 25.4 Å². The Morgan fingerprint density at radius 2 is 0.970 bits per heavy atom. The predicted molar refractivity (Wildman–Crippen MR) is 118 cm³/mol. The van der Waals surface area contributed by atoms with Gasteiger partial charge in [0.2, 0.25) is 0 Å². The number of fused-ring (bicyclic) bond motifs is 2. The van der Waals surface area contributed by atoms with Crippen LogP contribution in [0.3, 0.4) is 0 Å². The molecule has 2 heterocycles. The van der Waals surface area contributed by atoms with Crippen molar-refractivity contribution in [1.29, 1.82) is 0 Å². The number of hydrogen-bond acceptors (Lipinski definition) is 4. The SMILES string of the molecule is COc1sc2ccccc2c1C1=C(c2c(OC)sc3ccccc23)C(F)(F)C(F)(F)C1(F)F. The number of benzene rings is 2. The fourth-order valence-electron chi connectivity index (χ4n) is 4.20. The molecule has 0 unspecified atom stereocenters. The smallest absolute Gasteiger partial charge is 0.380 e. The van der Waals surface area contributed by atoms with Crippen LogP contribution < -0.4 is 9.47 Å². The van der Waals surface area contributed by atoms with E-state index in [1.807, 2.05) is 0 Å². The van der Waals surface area contributed by atoms with E-state index in [4.69, 9.17) is 9.47 Å². The molecule has 0 aliphatic heterocycles. The third-order valence-electron chi connectivity index (χ3n) is 5.66. The van der Waals surface area contributed by atoms with E-state index in [2.05, 4.69) is 0 Å². The van der Waals surface area contributed by atoms with Crippen LogP contribution in [0.25, 0.3) is 31.3 Å². The van der Waals surface area contributed by atoms with Gasteiger partial charge in [0, 0.05) is 31.3 Å². The summed E-state index contributed by atoms with van der Waals surface area (Å²) in [6.45, 7) is 0. The molecule has 2 nitrogen and oxygen atoms in total. The van der Waals surface area contributed by atoms with Crippen molar-refractivity contribution in [1.82, 2.24) is 0 Å². The summed E-state index contributed by atoms with van der Waals surface area (Å²) in [6, 6.07) is 12.3. The molecule has 1 aliphatic carbocycles. The molecule has 0 amide bonds. The van der Waals surface area contributed by atoms with Crippen molar-refractivity contribution >= 4 is 54.0 Å².